The number of hydrogen-bond donors (Lipinski definition) is 2. The van der Waals surface area contributed by atoms with Gasteiger partial charge in [0.1, 0.15) is 5.01 Å². The minimum Gasteiger partial charge on any atom is -0.332 e. The van der Waals surface area contributed by atoms with Crippen LogP contribution in [0.25, 0.3) is 26.9 Å². The molecule has 2 N–H and O–H groups in total. The highest BCUT2D eigenvalue weighted by Gasteiger charge is 2.13. The summed E-state index contributed by atoms with van der Waals surface area (Å²) in [6.45, 7) is 0. The zero-order chi connectivity index (χ0) is 22.7. The van der Waals surface area contributed by atoms with E-state index in [4.69, 9.17) is 40.4 Å². The molecular formula is C23H14Cl2IN3OS2. The summed E-state index contributed by atoms with van der Waals surface area (Å²) in [6, 6.07) is 19.0. The lowest BCUT2D eigenvalue weighted by Crippen LogP contribution is -2.33. The average Bonchev–Trinajstić information content (AvgIpc) is 3.18. The second-order valence-corrected chi connectivity index (χ2v) is 10.1. The van der Waals surface area contributed by atoms with Gasteiger partial charge in [0.15, 0.2) is 5.11 Å². The molecule has 0 fully saturated rings. The number of thiazole rings is 1. The van der Waals surface area contributed by atoms with E-state index in [2.05, 4.69) is 33.2 Å². The smallest absolute Gasteiger partial charge is 0.250 e. The van der Waals surface area contributed by atoms with E-state index in [0.29, 0.717) is 15.6 Å². The van der Waals surface area contributed by atoms with E-state index in [9.17, 15) is 4.79 Å². The molecule has 0 saturated heterocycles. The standard InChI is InChI=1S/C23H14Cl2IN3OS2/c24-14-7-5-13(17(25)11-14)6-10-21(30)29-23(31)28-18-9-8-15(26)12-16(18)22-27-19-3-1-2-4-20(19)32-22/h1-12H,(H2,28,29,30,31). The molecule has 4 aromatic rings. The third kappa shape index (κ3) is 5.65. The topological polar surface area (TPSA) is 54.0 Å². The Bertz CT molecular complexity index is 1340. The van der Waals surface area contributed by atoms with Gasteiger partial charge in [-0.3, -0.25) is 10.1 Å². The Morgan fingerprint density at radius 2 is 1.91 bits per heavy atom. The van der Waals surface area contributed by atoms with Gasteiger partial charge in [0.25, 0.3) is 0 Å². The number of hydrogen-bond acceptors (Lipinski definition) is 4. The maximum absolute atomic E-state index is 12.3. The first-order valence-electron chi connectivity index (χ1n) is 9.29. The van der Waals surface area contributed by atoms with Gasteiger partial charge in [0.05, 0.1) is 15.9 Å². The molecule has 9 heteroatoms. The van der Waals surface area contributed by atoms with Crippen molar-refractivity contribution in [2.75, 3.05) is 5.32 Å². The quantitative estimate of drug-likeness (QED) is 0.144. The molecule has 0 radical (unpaired) electrons. The largest absolute Gasteiger partial charge is 0.332 e. The van der Waals surface area contributed by atoms with Crippen molar-refractivity contribution >= 4 is 102 Å². The van der Waals surface area contributed by atoms with Crippen molar-refractivity contribution in [1.82, 2.24) is 10.3 Å². The third-order valence-electron chi connectivity index (χ3n) is 4.37. The fraction of sp³-hybridized carbons (Fsp3) is 0. The molecule has 4 rings (SSSR count). The van der Waals surface area contributed by atoms with Crippen LogP contribution in [0.15, 0.2) is 66.7 Å². The fourth-order valence-corrected chi connectivity index (χ4v) is 5.07. The zero-order valence-electron chi connectivity index (χ0n) is 16.2. The lowest BCUT2D eigenvalue weighted by Gasteiger charge is -2.12. The van der Waals surface area contributed by atoms with E-state index >= 15 is 0 Å². The summed E-state index contributed by atoms with van der Waals surface area (Å²) >= 11 is 21.2. The van der Waals surface area contributed by atoms with Gasteiger partial charge in [-0.2, -0.15) is 0 Å². The van der Waals surface area contributed by atoms with E-state index in [1.165, 1.54) is 6.08 Å². The van der Waals surface area contributed by atoms with Crippen LogP contribution in [-0.2, 0) is 4.79 Å². The summed E-state index contributed by atoms with van der Waals surface area (Å²) in [6.07, 6.45) is 2.97. The highest BCUT2D eigenvalue weighted by atomic mass is 127. The molecule has 0 unspecified atom stereocenters. The highest BCUT2D eigenvalue weighted by molar-refractivity contribution is 14.1. The van der Waals surface area contributed by atoms with Gasteiger partial charge in [-0.15, -0.1) is 11.3 Å². The molecular weight excluding hydrogens is 596 g/mol. The number of thiocarbonyl (C=S) groups is 1. The minimum absolute atomic E-state index is 0.186. The molecule has 0 aliphatic heterocycles. The lowest BCUT2D eigenvalue weighted by molar-refractivity contribution is -0.115. The monoisotopic (exact) mass is 609 g/mol. The number of amides is 1. The van der Waals surface area contributed by atoms with Crippen LogP contribution in [0.5, 0.6) is 0 Å². The van der Waals surface area contributed by atoms with Crippen molar-refractivity contribution < 1.29 is 4.79 Å². The predicted octanol–water partition coefficient (Wildman–Crippen LogP) is 7.40. The minimum atomic E-state index is -0.374. The molecule has 0 spiro atoms. The van der Waals surface area contributed by atoms with E-state index < -0.39 is 0 Å². The van der Waals surface area contributed by atoms with Crippen molar-refractivity contribution in [2.45, 2.75) is 0 Å². The number of fused-ring (bicyclic) bond motifs is 1. The number of para-hydroxylation sites is 1. The summed E-state index contributed by atoms with van der Waals surface area (Å²) in [7, 11) is 0. The molecule has 1 heterocycles. The fourth-order valence-electron chi connectivity index (χ4n) is 2.90. The van der Waals surface area contributed by atoms with Gasteiger partial charge in [-0.05, 0) is 88.9 Å². The third-order valence-corrected chi connectivity index (χ3v) is 6.87. The number of nitrogens with zero attached hydrogens (tertiary/aromatic N) is 1. The van der Waals surface area contributed by atoms with Gasteiger partial charge in [0, 0.05) is 25.3 Å². The maximum Gasteiger partial charge on any atom is 0.250 e. The summed E-state index contributed by atoms with van der Waals surface area (Å²) in [5.74, 6) is -0.374. The van der Waals surface area contributed by atoms with Gasteiger partial charge in [-0.25, -0.2) is 4.98 Å². The van der Waals surface area contributed by atoms with E-state index in [1.54, 1.807) is 35.6 Å². The van der Waals surface area contributed by atoms with Gasteiger partial charge >= 0.3 is 0 Å². The van der Waals surface area contributed by atoms with E-state index in [0.717, 1.165) is 30.0 Å². The Hall–Kier alpha value is -2.04. The number of nitrogens with one attached hydrogen (secondary N) is 2. The first kappa shape index (κ1) is 23.1. The Balaban J connectivity index is 1.49. The van der Waals surface area contributed by atoms with Gasteiger partial charge in [0.2, 0.25) is 5.91 Å². The Labute approximate surface area is 217 Å². The molecule has 1 amide bonds. The summed E-state index contributed by atoms with van der Waals surface area (Å²) < 4.78 is 2.18. The first-order valence-corrected chi connectivity index (χ1v) is 12.4. The first-order chi connectivity index (χ1) is 15.4. The van der Waals surface area contributed by atoms with E-state index in [-0.39, 0.29) is 11.0 Å². The number of rotatable bonds is 4. The second-order valence-electron chi connectivity index (χ2n) is 6.62. The van der Waals surface area contributed by atoms with Crippen LogP contribution in [-0.4, -0.2) is 16.0 Å². The molecule has 0 bridgehead atoms. The number of anilines is 1. The maximum atomic E-state index is 12.3. The number of aromatic nitrogens is 1. The zero-order valence-corrected chi connectivity index (χ0v) is 21.5. The van der Waals surface area contributed by atoms with Crippen LogP contribution in [0.1, 0.15) is 5.56 Å². The number of benzene rings is 3. The van der Waals surface area contributed by atoms with Crippen LogP contribution in [0, 0.1) is 3.57 Å². The molecule has 0 saturated carbocycles. The predicted molar refractivity (Wildman–Crippen MR) is 148 cm³/mol. The normalized spacial score (nSPS) is 11.1. The lowest BCUT2D eigenvalue weighted by atomic mass is 10.2. The molecule has 0 atom stereocenters. The average molecular weight is 610 g/mol. The molecule has 4 nitrogen and oxygen atoms in total. The van der Waals surface area contributed by atoms with E-state index in [1.807, 2.05) is 42.5 Å². The second kappa shape index (κ2) is 10.3. The molecule has 0 aliphatic carbocycles. The Morgan fingerprint density at radius 3 is 2.69 bits per heavy atom. The van der Waals surface area contributed by atoms with Crippen LogP contribution in [0.4, 0.5) is 5.69 Å². The summed E-state index contributed by atoms with van der Waals surface area (Å²) in [5.41, 5.74) is 3.30. The van der Waals surface area contributed by atoms with Crippen LogP contribution < -0.4 is 10.6 Å². The number of carbonyl (C=O) groups excluding carboxylic acids is 1. The SMILES string of the molecule is O=C(C=Cc1ccc(Cl)cc1Cl)NC(=S)Nc1ccc(I)cc1-c1nc2ccccc2s1. The van der Waals surface area contributed by atoms with Crippen molar-refractivity contribution in [1.29, 1.82) is 0 Å². The molecule has 160 valence electrons. The van der Waals surface area contributed by atoms with Gasteiger partial charge in [-0.1, -0.05) is 41.4 Å². The Morgan fingerprint density at radius 1 is 1.09 bits per heavy atom. The molecule has 0 aliphatic rings. The van der Waals surface area contributed by atoms with Crippen molar-refractivity contribution in [2.24, 2.45) is 0 Å². The van der Waals surface area contributed by atoms with Crippen molar-refractivity contribution in [3.63, 3.8) is 0 Å². The summed E-state index contributed by atoms with van der Waals surface area (Å²) in [4.78, 5) is 17.1. The molecule has 3 aromatic carbocycles. The number of halogens is 3. The molecule has 32 heavy (non-hydrogen) atoms. The van der Waals surface area contributed by atoms with Crippen LogP contribution in [0.2, 0.25) is 10.0 Å². The van der Waals surface area contributed by atoms with Crippen LogP contribution in [0.3, 0.4) is 0 Å². The highest BCUT2D eigenvalue weighted by Crippen LogP contribution is 2.35. The van der Waals surface area contributed by atoms with Crippen molar-refractivity contribution in [3.05, 3.63) is 85.9 Å². The Kier molecular flexibility index (Phi) is 7.42. The van der Waals surface area contributed by atoms with Crippen molar-refractivity contribution in [3.8, 4) is 10.6 Å². The molecule has 1 aromatic heterocycles. The van der Waals surface area contributed by atoms with Crippen LogP contribution >= 0.6 is 69.3 Å². The summed E-state index contributed by atoms with van der Waals surface area (Å²) in [5, 5.41) is 7.82. The van der Waals surface area contributed by atoms with Gasteiger partial charge < -0.3 is 5.32 Å². The number of carbonyl (C=O) groups is 1.